The third-order valence-electron chi connectivity index (χ3n) is 3.98. The molecule has 0 spiro atoms. The third-order valence-corrected chi connectivity index (χ3v) is 3.98. The zero-order valence-electron chi connectivity index (χ0n) is 14.0. The van der Waals surface area contributed by atoms with Gasteiger partial charge in [-0.2, -0.15) is 0 Å². The van der Waals surface area contributed by atoms with Gasteiger partial charge in [0.05, 0.1) is 5.56 Å². The molecule has 1 amide bonds. The molecule has 0 fully saturated rings. The normalized spacial score (nSPS) is 10.6. The minimum Gasteiger partial charge on any atom is -0.345 e. The lowest BCUT2D eigenvalue weighted by Gasteiger charge is -2.15. The van der Waals surface area contributed by atoms with Crippen LogP contribution in [0.4, 0.5) is 8.78 Å². The van der Waals surface area contributed by atoms with E-state index in [0.29, 0.717) is 5.56 Å². The lowest BCUT2D eigenvalue weighted by Crippen LogP contribution is -2.23. The van der Waals surface area contributed by atoms with Crippen LogP contribution in [0.5, 0.6) is 0 Å². The van der Waals surface area contributed by atoms with Crippen LogP contribution in [0.3, 0.4) is 0 Å². The van der Waals surface area contributed by atoms with Gasteiger partial charge in [-0.15, -0.1) is 0 Å². The number of benzene rings is 3. The van der Waals surface area contributed by atoms with Gasteiger partial charge < -0.3 is 4.90 Å². The smallest absolute Gasteiger partial charge is 0.256 e. The molecule has 0 saturated carbocycles. The van der Waals surface area contributed by atoms with Crippen LogP contribution in [-0.4, -0.2) is 24.9 Å². The highest BCUT2D eigenvalue weighted by atomic mass is 19.1. The molecule has 0 bridgehead atoms. The van der Waals surface area contributed by atoms with Crippen LogP contribution in [0, 0.1) is 11.6 Å². The van der Waals surface area contributed by atoms with Crippen LogP contribution in [0.2, 0.25) is 0 Å². The highest BCUT2D eigenvalue weighted by Gasteiger charge is 2.21. The highest BCUT2D eigenvalue weighted by Crippen LogP contribution is 2.35. The quantitative estimate of drug-likeness (QED) is 0.658. The lowest BCUT2D eigenvalue weighted by atomic mass is 9.93. The van der Waals surface area contributed by atoms with Gasteiger partial charge in [-0.05, 0) is 28.8 Å². The van der Waals surface area contributed by atoms with Crippen LogP contribution in [0.25, 0.3) is 22.3 Å². The molecule has 25 heavy (non-hydrogen) atoms. The molecule has 4 heteroatoms. The molecule has 0 saturated heterocycles. The van der Waals surface area contributed by atoms with Crippen LogP contribution >= 0.6 is 0 Å². The monoisotopic (exact) mass is 337 g/mol. The van der Waals surface area contributed by atoms with E-state index in [9.17, 15) is 9.18 Å². The number of carbonyl (C=O) groups is 1. The van der Waals surface area contributed by atoms with E-state index < -0.39 is 17.5 Å². The molecule has 0 radical (unpaired) electrons. The van der Waals surface area contributed by atoms with Crippen LogP contribution in [-0.2, 0) is 0 Å². The van der Waals surface area contributed by atoms with Crippen LogP contribution < -0.4 is 0 Å². The summed E-state index contributed by atoms with van der Waals surface area (Å²) >= 11 is 0. The second-order valence-electron chi connectivity index (χ2n) is 5.93. The first-order valence-electron chi connectivity index (χ1n) is 7.84. The Morgan fingerprint density at radius 3 is 2.04 bits per heavy atom. The summed E-state index contributed by atoms with van der Waals surface area (Å²) in [5.74, 6) is -1.94. The van der Waals surface area contributed by atoms with Crippen molar-refractivity contribution in [2.75, 3.05) is 14.1 Å². The van der Waals surface area contributed by atoms with E-state index >= 15 is 4.39 Å². The molecule has 0 unspecified atom stereocenters. The Bertz CT molecular complexity index is 920. The Kier molecular flexibility index (Phi) is 4.61. The summed E-state index contributed by atoms with van der Waals surface area (Å²) in [6.45, 7) is 0. The van der Waals surface area contributed by atoms with Crippen molar-refractivity contribution in [3.05, 3.63) is 83.9 Å². The van der Waals surface area contributed by atoms with Gasteiger partial charge in [-0.1, -0.05) is 54.6 Å². The first-order valence-corrected chi connectivity index (χ1v) is 7.84. The van der Waals surface area contributed by atoms with Gasteiger partial charge in [0.25, 0.3) is 5.91 Å². The first-order chi connectivity index (χ1) is 12.0. The first kappa shape index (κ1) is 16.8. The third kappa shape index (κ3) is 3.29. The zero-order chi connectivity index (χ0) is 18.0. The van der Waals surface area contributed by atoms with Crippen LogP contribution in [0.1, 0.15) is 10.4 Å². The van der Waals surface area contributed by atoms with Gasteiger partial charge in [0.1, 0.15) is 11.6 Å². The molecule has 3 aromatic carbocycles. The predicted molar refractivity (Wildman–Crippen MR) is 95.2 cm³/mol. The molecule has 0 heterocycles. The Labute approximate surface area is 145 Å². The fourth-order valence-electron chi connectivity index (χ4n) is 2.77. The number of carbonyl (C=O) groups excluding carboxylic acids is 1. The van der Waals surface area contributed by atoms with E-state index in [4.69, 9.17) is 0 Å². The molecule has 0 aliphatic carbocycles. The summed E-state index contributed by atoms with van der Waals surface area (Å²) in [5, 5.41) is 0. The Balaban J connectivity index is 2.24. The fourth-order valence-corrected chi connectivity index (χ4v) is 2.77. The van der Waals surface area contributed by atoms with Crippen molar-refractivity contribution in [1.29, 1.82) is 0 Å². The minimum absolute atomic E-state index is 0.0738. The van der Waals surface area contributed by atoms with Crippen molar-refractivity contribution >= 4 is 5.91 Å². The van der Waals surface area contributed by atoms with Crippen molar-refractivity contribution in [2.45, 2.75) is 0 Å². The van der Waals surface area contributed by atoms with E-state index in [2.05, 4.69) is 0 Å². The molecular formula is C21H17F2NO. The molecule has 0 atom stereocenters. The number of rotatable bonds is 3. The zero-order valence-corrected chi connectivity index (χ0v) is 14.0. The van der Waals surface area contributed by atoms with E-state index in [1.54, 1.807) is 12.1 Å². The number of halogens is 2. The molecule has 0 N–H and O–H groups in total. The average Bonchev–Trinajstić information content (AvgIpc) is 2.63. The van der Waals surface area contributed by atoms with Crippen molar-refractivity contribution in [2.24, 2.45) is 0 Å². The molecule has 0 aromatic heterocycles. The highest BCUT2D eigenvalue weighted by molar-refractivity contribution is 5.96. The summed E-state index contributed by atoms with van der Waals surface area (Å²) in [6, 6.07) is 18.7. The SMILES string of the molecule is CN(C)C(=O)c1cc(F)cc(-c2ccccc2-c2ccccc2)c1F. The van der Waals surface area contributed by atoms with Gasteiger partial charge in [-0.3, -0.25) is 4.79 Å². The summed E-state index contributed by atoms with van der Waals surface area (Å²) in [6.07, 6.45) is 0. The van der Waals surface area contributed by atoms with E-state index in [1.807, 2.05) is 42.5 Å². The summed E-state index contributed by atoms with van der Waals surface area (Å²) in [4.78, 5) is 13.4. The van der Waals surface area contributed by atoms with Crippen molar-refractivity contribution < 1.29 is 13.6 Å². The fraction of sp³-hybridized carbons (Fsp3) is 0.0952. The molecule has 0 aliphatic heterocycles. The van der Waals surface area contributed by atoms with Gasteiger partial charge in [0.2, 0.25) is 0 Å². The number of hydrogen-bond donors (Lipinski definition) is 0. The Hall–Kier alpha value is -3.01. The molecular weight excluding hydrogens is 320 g/mol. The summed E-state index contributed by atoms with van der Waals surface area (Å²) in [5.41, 5.74) is 2.00. The maximum atomic E-state index is 15.0. The number of amides is 1. The summed E-state index contributed by atoms with van der Waals surface area (Å²) < 4.78 is 29.1. The van der Waals surface area contributed by atoms with E-state index in [-0.39, 0.29) is 11.1 Å². The van der Waals surface area contributed by atoms with Gasteiger partial charge in [0.15, 0.2) is 0 Å². The van der Waals surface area contributed by atoms with Crippen molar-refractivity contribution in [1.82, 2.24) is 4.90 Å². The molecule has 0 aliphatic rings. The number of nitrogens with zero attached hydrogens (tertiary/aromatic N) is 1. The largest absolute Gasteiger partial charge is 0.345 e. The molecule has 2 nitrogen and oxygen atoms in total. The van der Waals surface area contributed by atoms with E-state index in [0.717, 1.165) is 23.3 Å². The Morgan fingerprint density at radius 2 is 1.40 bits per heavy atom. The van der Waals surface area contributed by atoms with Gasteiger partial charge in [-0.25, -0.2) is 8.78 Å². The summed E-state index contributed by atoms with van der Waals surface area (Å²) in [7, 11) is 3.01. The second-order valence-corrected chi connectivity index (χ2v) is 5.93. The van der Waals surface area contributed by atoms with Gasteiger partial charge >= 0.3 is 0 Å². The molecule has 3 rings (SSSR count). The predicted octanol–water partition coefficient (Wildman–Crippen LogP) is 5.00. The average molecular weight is 337 g/mol. The second kappa shape index (κ2) is 6.85. The van der Waals surface area contributed by atoms with Gasteiger partial charge in [0, 0.05) is 19.7 Å². The van der Waals surface area contributed by atoms with Crippen molar-refractivity contribution in [3.8, 4) is 22.3 Å². The standard InChI is InChI=1S/C21H17F2NO/c1-24(2)21(25)19-13-15(22)12-18(20(19)23)17-11-7-6-10-16(17)14-8-4-3-5-9-14/h3-13H,1-2H3. The number of hydrogen-bond acceptors (Lipinski definition) is 1. The Morgan fingerprint density at radius 1 is 0.800 bits per heavy atom. The molecule has 3 aromatic rings. The topological polar surface area (TPSA) is 20.3 Å². The maximum absolute atomic E-state index is 15.0. The van der Waals surface area contributed by atoms with Crippen LogP contribution in [0.15, 0.2) is 66.7 Å². The van der Waals surface area contributed by atoms with E-state index in [1.165, 1.54) is 19.0 Å². The lowest BCUT2D eigenvalue weighted by molar-refractivity contribution is 0.0822. The van der Waals surface area contributed by atoms with Crippen molar-refractivity contribution in [3.63, 3.8) is 0 Å². The minimum atomic E-state index is -0.719. The molecule has 126 valence electrons. The maximum Gasteiger partial charge on any atom is 0.256 e.